The average Bonchev–Trinajstić information content (AvgIpc) is 2.61. The number of thioether (sulfide) groups is 1. The van der Waals surface area contributed by atoms with Crippen molar-refractivity contribution in [2.45, 2.75) is 10.8 Å². The summed E-state index contributed by atoms with van der Waals surface area (Å²) in [4.78, 5) is 17.4. The van der Waals surface area contributed by atoms with Gasteiger partial charge in [-0.1, -0.05) is 18.2 Å². The number of hydrogen-bond acceptors (Lipinski definition) is 3. The molecule has 2 rings (SSSR count). The van der Waals surface area contributed by atoms with Gasteiger partial charge in [0.2, 0.25) is 0 Å². The molecule has 3 nitrogen and oxygen atoms in total. The van der Waals surface area contributed by atoms with Crippen LogP contribution >= 0.6 is 11.8 Å². The van der Waals surface area contributed by atoms with Crippen molar-refractivity contribution in [3.63, 3.8) is 0 Å². The van der Waals surface area contributed by atoms with Crippen LogP contribution in [0.15, 0.2) is 29.2 Å². The summed E-state index contributed by atoms with van der Waals surface area (Å²) in [6.45, 7) is 0. The Morgan fingerprint density at radius 1 is 1.57 bits per heavy atom. The molecule has 1 aromatic carbocycles. The second-order valence-corrected chi connectivity index (χ2v) is 4.13. The number of carbonyl (C=O) groups excluding carboxylic acids is 1. The number of fused-ring (bicyclic) bond motifs is 1. The van der Waals surface area contributed by atoms with Crippen LogP contribution in [0.4, 0.5) is 0 Å². The number of carbonyl (C=O) groups is 1. The van der Waals surface area contributed by atoms with Crippen LogP contribution in [0.25, 0.3) is 0 Å². The second kappa shape index (κ2) is 4.02. The van der Waals surface area contributed by atoms with Crippen molar-refractivity contribution in [1.82, 2.24) is 5.48 Å². The fourth-order valence-corrected chi connectivity index (χ4v) is 2.78. The smallest absolute Gasteiger partial charge is 0.251 e. The highest BCUT2D eigenvalue weighted by Crippen LogP contribution is 2.39. The molecular formula is C10H11NO2S. The Morgan fingerprint density at radius 3 is 3.14 bits per heavy atom. The van der Waals surface area contributed by atoms with E-state index in [-0.39, 0.29) is 11.8 Å². The molecule has 0 saturated carbocycles. The third-order valence-corrected chi connectivity index (χ3v) is 3.40. The summed E-state index contributed by atoms with van der Waals surface area (Å²) in [5.41, 5.74) is 3.48. The van der Waals surface area contributed by atoms with Gasteiger partial charge in [0.05, 0.1) is 13.0 Å². The molecule has 1 amide bonds. The van der Waals surface area contributed by atoms with Crippen molar-refractivity contribution in [3.8, 4) is 0 Å². The molecule has 1 N–H and O–H groups in total. The lowest BCUT2D eigenvalue weighted by molar-refractivity contribution is -0.132. The normalized spacial score (nSPS) is 19.1. The molecule has 1 heterocycles. The first-order chi connectivity index (χ1) is 6.83. The van der Waals surface area contributed by atoms with Gasteiger partial charge in [0, 0.05) is 10.6 Å². The molecule has 0 saturated heterocycles. The van der Waals surface area contributed by atoms with E-state index in [4.69, 9.17) is 0 Å². The lowest BCUT2D eigenvalue weighted by atomic mass is 10.0. The Kier molecular flexibility index (Phi) is 2.74. The minimum Gasteiger partial charge on any atom is -0.277 e. The quantitative estimate of drug-likeness (QED) is 0.751. The van der Waals surface area contributed by atoms with Crippen LogP contribution in [0, 0.1) is 0 Å². The summed E-state index contributed by atoms with van der Waals surface area (Å²) in [6, 6.07) is 7.98. The summed E-state index contributed by atoms with van der Waals surface area (Å²) >= 11 is 1.71. The van der Waals surface area contributed by atoms with Gasteiger partial charge in [-0.2, -0.15) is 0 Å². The minimum atomic E-state index is -0.0730. The Balaban J connectivity index is 2.21. The Labute approximate surface area is 86.8 Å². The van der Waals surface area contributed by atoms with Crippen LogP contribution in [0.3, 0.4) is 0 Å². The first-order valence-corrected chi connectivity index (χ1v) is 5.36. The van der Waals surface area contributed by atoms with Gasteiger partial charge in [-0.25, -0.2) is 5.48 Å². The predicted molar refractivity (Wildman–Crippen MR) is 55.1 cm³/mol. The summed E-state index contributed by atoms with van der Waals surface area (Å²) in [6.07, 6.45) is 0. The second-order valence-electron chi connectivity index (χ2n) is 3.07. The fraction of sp³-hybridized carbons (Fsp3) is 0.300. The summed E-state index contributed by atoms with van der Waals surface area (Å²) in [5, 5.41) is 0. The molecule has 0 aliphatic carbocycles. The van der Waals surface area contributed by atoms with Crippen molar-refractivity contribution in [2.75, 3.05) is 12.9 Å². The van der Waals surface area contributed by atoms with Crippen molar-refractivity contribution < 1.29 is 9.63 Å². The molecule has 0 radical (unpaired) electrons. The van der Waals surface area contributed by atoms with E-state index >= 15 is 0 Å². The minimum absolute atomic E-state index is 0.0649. The van der Waals surface area contributed by atoms with Crippen LogP contribution in [0.2, 0.25) is 0 Å². The highest BCUT2D eigenvalue weighted by Gasteiger charge is 2.28. The van der Waals surface area contributed by atoms with Crippen LogP contribution < -0.4 is 5.48 Å². The molecule has 1 atom stereocenters. The van der Waals surface area contributed by atoms with Crippen LogP contribution in [0.1, 0.15) is 11.5 Å². The van der Waals surface area contributed by atoms with Crippen LogP contribution in [-0.4, -0.2) is 18.8 Å². The van der Waals surface area contributed by atoms with Gasteiger partial charge in [0.15, 0.2) is 0 Å². The predicted octanol–water partition coefficient (Wildman–Crippen LogP) is 1.55. The van der Waals surface area contributed by atoms with Crippen molar-refractivity contribution in [2.24, 2.45) is 0 Å². The zero-order chi connectivity index (χ0) is 9.97. The monoisotopic (exact) mass is 209 g/mol. The zero-order valence-electron chi connectivity index (χ0n) is 7.82. The Morgan fingerprint density at radius 2 is 2.36 bits per heavy atom. The number of amides is 1. The molecule has 0 aromatic heterocycles. The lowest BCUT2D eigenvalue weighted by Crippen LogP contribution is -2.28. The first-order valence-electron chi connectivity index (χ1n) is 4.37. The van der Waals surface area contributed by atoms with E-state index in [9.17, 15) is 4.79 Å². The number of rotatable bonds is 2. The largest absolute Gasteiger partial charge is 0.277 e. The molecule has 1 aliphatic rings. The molecule has 0 spiro atoms. The number of nitrogens with one attached hydrogen (secondary N) is 1. The van der Waals surface area contributed by atoms with E-state index in [1.54, 1.807) is 11.8 Å². The first kappa shape index (κ1) is 9.55. The number of benzene rings is 1. The molecule has 14 heavy (non-hydrogen) atoms. The molecular weight excluding hydrogens is 198 g/mol. The Bertz CT molecular complexity index is 354. The number of hydroxylamine groups is 1. The highest BCUT2D eigenvalue weighted by atomic mass is 32.2. The van der Waals surface area contributed by atoms with E-state index < -0.39 is 0 Å². The summed E-state index contributed by atoms with van der Waals surface area (Å²) < 4.78 is 0. The highest BCUT2D eigenvalue weighted by molar-refractivity contribution is 7.99. The molecule has 1 aromatic rings. The topological polar surface area (TPSA) is 38.3 Å². The van der Waals surface area contributed by atoms with Gasteiger partial charge in [0.25, 0.3) is 5.91 Å². The van der Waals surface area contributed by atoms with Gasteiger partial charge >= 0.3 is 0 Å². The Hall–Kier alpha value is -1.00. The third-order valence-electron chi connectivity index (χ3n) is 2.22. The van der Waals surface area contributed by atoms with Gasteiger partial charge < -0.3 is 0 Å². The van der Waals surface area contributed by atoms with E-state index in [1.165, 1.54) is 12.0 Å². The van der Waals surface area contributed by atoms with Crippen molar-refractivity contribution in [3.05, 3.63) is 29.8 Å². The molecule has 74 valence electrons. The van der Waals surface area contributed by atoms with Gasteiger partial charge in [-0.3, -0.25) is 9.63 Å². The van der Waals surface area contributed by atoms with Gasteiger partial charge in [-0.15, -0.1) is 11.8 Å². The maximum absolute atomic E-state index is 11.6. The lowest BCUT2D eigenvalue weighted by Gasteiger charge is -2.09. The third kappa shape index (κ3) is 1.63. The van der Waals surface area contributed by atoms with E-state index in [0.29, 0.717) is 0 Å². The molecule has 1 aliphatic heterocycles. The van der Waals surface area contributed by atoms with Gasteiger partial charge in [-0.05, 0) is 11.6 Å². The maximum atomic E-state index is 11.6. The van der Waals surface area contributed by atoms with Crippen LogP contribution in [-0.2, 0) is 9.63 Å². The van der Waals surface area contributed by atoms with Gasteiger partial charge in [0.1, 0.15) is 0 Å². The standard InChI is InChI=1S/C10H11NO2S/c1-13-11-10(12)8-6-14-9-5-3-2-4-7(8)9/h2-5,8H,6H2,1H3,(H,11,12). The van der Waals surface area contributed by atoms with E-state index in [0.717, 1.165) is 11.3 Å². The van der Waals surface area contributed by atoms with Crippen molar-refractivity contribution in [1.29, 1.82) is 0 Å². The van der Waals surface area contributed by atoms with Crippen LogP contribution in [0.5, 0.6) is 0 Å². The summed E-state index contributed by atoms with van der Waals surface area (Å²) in [7, 11) is 1.45. The average molecular weight is 209 g/mol. The SMILES string of the molecule is CONC(=O)C1CSc2ccccc21. The zero-order valence-corrected chi connectivity index (χ0v) is 8.64. The molecule has 4 heteroatoms. The molecule has 1 unspecified atom stereocenters. The maximum Gasteiger partial charge on any atom is 0.251 e. The van der Waals surface area contributed by atoms with E-state index in [1.807, 2.05) is 24.3 Å². The fourth-order valence-electron chi connectivity index (χ4n) is 1.55. The summed E-state index contributed by atoms with van der Waals surface area (Å²) in [5.74, 6) is 0.662. The van der Waals surface area contributed by atoms with E-state index in [2.05, 4.69) is 10.3 Å². The molecule has 0 fully saturated rings. The van der Waals surface area contributed by atoms with Crippen molar-refractivity contribution >= 4 is 17.7 Å². The number of hydrogen-bond donors (Lipinski definition) is 1. The molecule has 0 bridgehead atoms.